The molecule has 2 aliphatic rings. The minimum absolute atomic E-state index is 0.0206. The zero-order chi connectivity index (χ0) is 20.5. The largest absolute Gasteiger partial charge is 0.478 e. The van der Waals surface area contributed by atoms with Gasteiger partial charge in [0.1, 0.15) is 34.5 Å². The highest BCUT2D eigenvalue weighted by Gasteiger charge is 2.41. The number of aromatic nitrogens is 1. The van der Waals surface area contributed by atoms with E-state index in [9.17, 15) is 13.6 Å². The summed E-state index contributed by atoms with van der Waals surface area (Å²) in [5.74, 6) is -2.28. The molecule has 2 aliphatic heterocycles. The number of amides is 1. The molecule has 5 N–H and O–H groups in total. The fourth-order valence-electron chi connectivity index (χ4n) is 3.42. The molecule has 1 aromatic heterocycles. The molecule has 1 amide bonds. The maximum Gasteiger partial charge on any atom is 0.268 e. The lowest BCUT2D eigenvalue weighted by molar-refractivity contribution is -0.114. The summed E-state index contributed by atoms with van der Waals surface area (Å²) in [5, 5.41) is 2.84. The molecule has 2 aromatic rings. The molecule has 0 bridgehead atoms. The zero-order valence-electron chi connectivity index (χ0n) is 15.2. The van der Waals surface area contributed by atoms with Gasteiger partial charge in [0.05, 0.1) is 16.8 Å². The third-order valence-corrected chi connectivity index (χ3v) is 6.57. The van der Waals surface area contributed by atoms with E-state index in [1.54, 1.807) is 0 Å². The number of carbonyl (C=O) groups excluding carboxylic acids is 1. The summed E-state index contributed by atoms with van der Waals surface area (Å²) in [4.78, 5) is 13.6. The molecule has 154 valence electrons. The van der Waals surface area contributed by atoms with E-state index < -0.39 is 22.9 Å². The lowest BCUT2D eigenvalue weighted by Crippen LogP contribution is -2.35. The predicted molar refractivity (Wildman–Crippen MR) is 108 cm³/mol. The molecule has 7 nitrogen and oxygen atoms in total. The maximum absolute atomic E-state index is 14.5. The van der Waals surface area contributed by atoms with Gasteiger partial charge in [-0.1, -0.05) is 17.8 Å². The number of nitrogens with one attached hydrogen (secondary N) is 1. The van der Waals surface area contributed by atoms with Crippen LogP contribution in [0.2, 0.25) is 0 Å². The molecule has 4 rings (SSSR count). The van der Waals surface area contributed by atoms with Crippen LogP contribution in [0.15, 0.2) is 35.1 Å². The molecule has 1 aromatic carbocycles. The Labute approximate surface area is 174 Å². The van der Waals surface area contributed by atoms with Crippen LogP contribution < -0.4 is 26.4 Å². The van der Waals surface area contributed by atoms with Crippen molar-refractivity contribution in [3.8, 4) is 5.06 Å². The number of ether oxygens (including phenoxy) is 1. The van der Waals surface area contributed by atoms with Gasteiger partial charge in [-0.05, 0) is 38.1 Å². The molecule has 3 heterocycles. The molecule has 29 heavy (non-hydrogen) atoms. The Morgan fingerprint density at radius 3 is 2.62 bits per heavy atom. The van der Waals surface area contributed by atoms with E-state index in [0.29, 0.717) is 10.8 Å². The van der Waals surface area contributed by atoms with E-state index in [4.69, 9.17) is 16.2 Å². The van der Waals surface area contributed by atoms with Crippen molar-refractivity contribution in [1.82, 2.24) is 9.69 Å². The van der Waals surface area contributed by atoms with Crippen molar-refractivity contribution in [2.75, 3.05) is 18.0 Å². The van der Waals surface area contributed by atoms with Crippen molar-refractivity contribution in [1.29, 1.82) is 0 Å². The van der Waals surface area contributed by atoms with E-state index in [2.05, 4.69) is 9.69 Å². The summed E-state index contributed by atoms with van der Waals surface area (Å²) in [6.45, 7) is 1.67. The van der Waals surface area contributed by atoms with Crippen molar-refractivity contribution >= 4 is 34.9 Å². The highest BCUT2D eigenvalue weighted by molar-refractivity contribution is 8.03. The van der Waals surface area contributed by atoms with Crippen molar-refractivity contribution in [3.63, 3.8) is 0 Å². The van der Waals surface area contributed by atoms with E-state index in [1.165, 1.54) is 17.2 Å². The summed E-state index contributed by atoms with van der Waals surface area (Å²) in [6.07, 6.45) is 3.11. The fourth-order valence-corrected chi connectivity index (χ4v) is 5.31. The minimum Gasteiger partial charge on any atom is -0.478 e. The van der Waals surface area contributed by atoms with Crippen LogP contribution >= 0.6 is 23.3 Å². The van der Waals surface area contributed by atoms with Gasteiger partial charge in [0.2, 0.25) is 5.06 Å². The average Bonchev–Trinajstić information content (AvgIpc) is 3.26. The van der Waals surface area contributed by atoms with E-state index in [0.717, 1.165) is 61.4 Å². The number of benzene rings is 1. The quantitative estimate of drug-likeness (QED) is 0.657. The number of primary amides is 1. The summed E-state index contributed by atoms with van der Waals surface area (Å²) >= 11 is 2.06. The molecular formula is C18H19F2N5O2S2. The van der Waals surface area contributed by atoms with Gasteiger partial charge in [-0.15, -0.1) is 0 Å². The Hall–Kier alpha value is -2.37. The minimum atomic E-state index is -0.953. The smallest absolute Gasteiger partial charge is 0.268 e. The molecule has 0 radical (unpaired) electrons. The van der Waals surface area contributed by atoms with Crippen molar-refractivity contribution in [3.05, 3.63) is 52.3 Å². The van der Waals surface area contributed by atoms with Crippen LogP contribution in [0.1, 0.15) is 23.8 Å². The maximum atomic E-state index is 14.5. The van der Waals surface area contributed by atoms with Gasteiger partial charge in [0.25, 0.3) is 5.91 Å². The summed E-state index contributed by atoms with van der Waals surface area (Å²) in [5.41, 5.74) is 11.7. The topological polar surface area (TPSA) is 106 Å². The van der Waals surface area contributed by atoms with Gasteiger partial charge in [-0.25, -0.2) is 8.78 Å². The second-order valence-corrected chi connectivity index (χ2v) is 8.50. The number of carbonyl (C=O) groups is 1. The van der Waals surface area contributed by atoms with Gasteiger partial charge >= 0.3 is 0 Å². The number of hydrogen-bond acceptors (Lipinski definition) is 8. The average molecular weight is 440 g/mol. The molecule has 0 spiro atoms. The van der Waals surface area contributed by atoms with Gasteiger partial charge < -0.3 is 26.4 Å². The number of thioether (sulfide) groups is 1. The third-order valence-electron chi connectivity index (χ3n) is 4.77. The van der Waals surface area contributed by atoms with Crippen molar-refractivity contribution in [2.45, 2.75) is 24.3 Å². The van der Waals surface area contributed by atoms with Gasteiger partial charge in [-0.3, -0.25) is 4.79 Å². The Morgan fingerprint density at radius 2 is 1.97 bits per heavy atom. The second-order valence-electron chi connectivity index (χ2n) is 6.62. The van der Waals surface area contributed by atoms with Gasteiger partial charge in [-0.2, -0.15) is 4.37 Å². The van der Waals surface area contributed by atoms with E-state index in [-0.39, 0.29) is 22.4 Å². The SMILES string of the molecule is NC(=O)C1=C(N)SC(c2c(F)cccc2F)N1c1cnsc1OC1CCNCC1. The molecule has 0 saturated carbocycles. The van der Waals surface area contributed by atoms with Crippen LogP contribution in [0.3, 0.4) is 0 Å². The summed E-state index contributed by atoms with van der Waals surface area (Å²) in [7, 11) is 0. The Bertz CT molecular complexity index is 941. The summed E-state index contributed by atoms with van der Waals surface area (Å²) in [6, 6.07) is 3.60. The number of nitrogens with zero attached hydrogens (tertiary/aromatic N) is 2. The molecule has 1 unspecified atom stereocenters. The highest BCUT2D eigenvalue weighted by atomic mass is 32.2. The number of nitrogens with two attached hydrogens (primary N) is 2. The van der Waals surface area contributed by atoms with Gasteiger partial charge in [0, 0.05) is 11.5 Å². The first kappa shape index (κ1) is 19.9. The zero-order valence-corrected chi connectivity index (χ0v) is 16.9. The first-order valence-corrected chi connectivity index (χ1v) is 10.6. The van der Waals surface area contributed by atoms with Crippen LogP contribution in [0.4, 0.5) is 14.5 Å². The predicted octanol–water partition coefficient (Wildman–Crippen LogP) is 2.42. The second kappa shape index (κ2) is 8.17. The van der Waals surface area contributed by atoms with Crippen LogP contribution in [0.25, 0.3) is 0 Å². The molecule has 1 fully saturated rings. The van der Waals surface area contributed by atoms with Crippen LogP contribution in [-0.4, -0.2) is 29.5 Å². The number of piperidine rings is 1. The van der Waals surface area contributed by atoms with Gasteiger partial charge in [0.15, 0.2) is 0 Å². The van der Waals surface area contributed by atoms with E-state index in [1.807, 2.05) is 0 Å². The molecule has 11 heteroatoms. The lowest BCUT2D eigenvalue weighted by atomic mass is 10.1. The first-order valence-electron chi connectivity index (χ1n) is 8.98. The summed E-state index contributed by atoms with van der Waals surface area (Å²) < 4.78 is 39.4. The van der Waals surface area contributed by atoms with Crippen molar-refractivity contribution < 1.29 is 18.3 Å². The van der Waals surface area contributed by atoms with Crippen LogP contribution in [-0.2, 0) is 4.79 Å². The monoisotopic (exact) mass is 439 g/mol. The Balaban J connectivity index is 1.76. The van der Waals surface area contributed by atoms with Crippen LogP contribution in [0.5, 0.6) is 5.06 Å². The van der Waals surface area contributed by atoms with Crippen LogP contribution in [0, 0.1) is 11.6 Å². The third kappa shape index (κ3) is 3.77. The lowest BCUT2D eigenvalue weighted by Gasteiger charge is -2.29. The number of anilines is 1. The Morgan fingerprint density at radius 1 is 1.28 bits per heavy atom. The molecule has 1 saturated heterocycles. The first-order chi connectivity index (χ1) is 14.0. The standard InChI is InChI=1S/C18H19F2N5O2S2/c19-10-2-1-3-11(20)13(10)17-25(14(15(21)26)16(22)28-17)12-8-24-29-18(12)27-9-4-6-23-7-5-9/h1-3,8-9,17,23H,4-7,22H2,(H2,21,26). The molecule has 1 atom stereocenters. The molecular weight excluding hydrogens is 420 g/mol. The highest BCUT2D eigenvalue weighted by Crippen LogP contribution is 2.52. The number of rotatable bonds is 5. The van der Waals surface area contributed by atoms with E-state index >= 15 is 0 Å². The molecule has 0 aliphatic carbocycles. The Kier molecular flexibility index (Phi) is 5.61. The number of halogens is 2. The normalized spacial score (nSPS) is 20.3. The van der Waals surface area contributed by atoms with Crippen molar-refractivity contribution in [2.24, 2.45) is 11.5 Å². The number of hydrogen-bond donors (Lipinski definition) is 3. The fraction of sp³-hybridized carbons (Fsp3) is 0.333.